The summed E-state index contributed by atoms with van der Waals surface area (Å²) >= 11 is 1.50. The fourth-order valence-electron chi connectivity index (χ4n) is 3.55. The third kappa shape index (κ3) is 4.60. The van der Waals surface area contributed by atoms with E-state index in [1.165, 1.54) is 11.3 Å². The zero-order valence-corrected chi connectivity index (χ0v) is 19.3. The summed E-state index contributed by atoms with van der Waals surface area (Å²) < 4.78 is 10.7. The number of hydrogen-bond acceptors (Lipinski definition) is 6. The lowest BCUT2D eigenvalue weighted by Gasteiger charge is -2.20. The normalized spacial score (nSPS) is 12.2. The van der Waals surface area contributed by atoms with Crippen molar-refractivity contribution in [2.24, 2.45) is 5.92 Å². The monoisotopic (exact) mass is 450 g/mol. The lowest BCUT2D eigenvalue weighted by atomic mass is 10.0. The highest BCUT2D eigenvalue weighted by molar-refractivity contribution is 7.13. The lowest BCUT2D eigenvalue weighted by molar-refractivity contribution is -0.121. The van der Waals surface area contributed by atoms with E-state index < -0.39 is 0 Å². The van der Waals surface area contributed by atoms with Crippen molar-refractivity contribution in [2.75, 3.05) is 14.2 Å². The van der Waals surface area contributed by atoms with Gasteiger partial charge in [-0.25, -0.2) is 9.97 Å². The Labute approximate surface area is 190 Å². The summed E-state index contributed by atoms with van der Waals surface area (Å²) in [5.41, 5.74) is 3.49. The summed E-state index contributed by atoms with van der Waals surface area (Å²) in [5.74, 6) is 2.16. The summed E-state index contributed by atoms with van der Waals surface area (Å²) in [6.07, 6.45) is 0.202. The minimum absolute atomic E-state index is 0.0895. The van der Waals surface area contributed by atoms with Crippen molar-refractivity contribution in [3.8, 4) is 22.1 Å². The van der Waals surface area contributed by atoms with Crippen LogP contribution in [0.4, 0.5) is 0 Å². The summed E-state index contributed by atoms with van der Waals surface area (Å²) in [6.45, 7) is 4.13. The second-order valence-electron chi connectivity index (χ2n) is 7.82. The molecule has 0 unspecified atom stereocenters. The fraction of sp³-hybridized carbons (Fsp3) is 0.292. The first kappa shape index (κ1) is 21.8. The van der Waals surface area contributed by atoms with Gasteiger partial charge in [0.05, 0.1) is 43.4 Å². The Hall–Kier alpha value is -3.39. The number of nitrogens with zero attached hydrogens (tertiary/aromatic N) is 2. The van der Waals surface area contributed by atoms with Gasteiger partial charge in [-0.2, -0.15) is 0 Å². The van der Waals surface area contributed by atoms with Crippen molar-refractivity contribution in [1.82, 2.24) is 20.3 Å². The van der Waals surface area contributed by atoms with E-state index in [4.69, 9.17) is 9.47 Å². The molecule has 0 saturated heterocycles. The van der Waals surface area contributed by atoms with Crippen LogP contribution in [0, 0.1) is 5.92 Å². The van der Waals surface area contributed by atoms with Gasteiger partial charge in [-0.05, 0) is 36.2 Å². The molecule has 8 heteroatoms. The van der Waals surface area contributed by atoms with E-state index in [1.807, 2.05) is 47.8 Å². The molecule has 32 heavy (non-hydrogen) atoms. The number of imidazole rings is 1. The number of methoxy groups -OCH3 is 2. The number of rotatable bonds is 8. The standard InChI is InChI=1S/C24H26N4O3S/c1-14(2)22(23-26-17-7-5-6-8-18(17)27-23)28-21(29)12-16-13-32-24(25-16)15-9-10-19(30-3)20(11-15)31-4/h5-11,13-14,22H,12H2,1-4H3,(H,26,27)(H,28,29)/t22-/m0/s1. The molecule has 0 radical (unpaired) electrons. The molecule has 0 aliphatic heterocycles. The number of hydrogen-bond donors (Lipinski definition) is 2. The molecule has 1 atom stereocenters. The molecule has 2 aromatic heterocycles. The number of amides is 1. The SMILES string of the molecule is COc1ccc(-c2nc(CC(=O)N[C@H](c3nc4ccccc4[nH]3)C(C)C)cs2)cc1OC. The van der Waals surface area contributed by atoms with E-state index in [2.05, 4.69) is 34.1 Å². The number of aromatic amines is 1. The molecular weight excluding hydrogens is 424 g/mol. The van der Waals surface area contributed by atoms with Crippen LogP contribution in [0.5, 0.6) is 11.5 Å². The fourth-order valence-corrected chi connectivity index (χ4v) is 4.37. The van der Waals surface area contributed by atoms with E-state index >= 15 is 0 Å². The third-order valence-electron chi connectivity index (χ3n) is 5.21. The highest BCUT2D eigenvalue weighted by Crippen LogP contribution is 2.33. The maximum atomic E-state index is 12.8. The van der Waals surface area contributed by atoms with E-state index in [1.54, 1.807) is 14.2 Å². The number of carbonyl (C=O) groups excluding carboxylic acids is 1. The first-order valence-electron chi connectivity index (χ1n) is 10.4. The zero-order valence-electron chi connectivity index (χ0n) is 18.5. The number of carbonyl (C=O) groups is 1. The Morgan fingerprint density at radius 3 is 2.59 bits per heavy atom. The average Bonchev–Trinajstić information content (AvgIpc) is 3.43. The molecule has 0 aliphatic rings. The van der Waals surface area contributed by atoms with E-state index in [0.717, 1.165) is 33.1 Å². The average molecular weight is 451 g/mol. The predicted molar refractivity (Wildman–Crippen MR) is 126 cm³/mol. The molecule has 1 amide bonds. The van der Waals surface area contributed by atoms with Crippen molar-refractivity contribution in [2.45, 2.75) is 26.3 Å². The first-order chi connectivity index (χ1) is 15.5. The smallest absolute Gasteiger partial charge is 0.226 e. The minimum Gasteiger partial charge on any atom is -0.493 e. The maximum absolute atomic E-state index is 12.8. The Morgan fingerprint density at radius 1 is 1.09 bits per heavy atom. The Kier molecular flexibility index (Phi) is 6.41. The number of benzene rings is 2. The van der Waals surface area contributed by atoms with Gasteiger partial charge in [0, 0.05) is 10.9 Å². The van der Waals surface area contributed by atoms with Gasteiger partial charge in [-0.1, -0.05) is 26.0 Å². The van der Waals surface area contributed by atoms with Gasteiger partial charge in [-0.15, -0.1) is 11.3 Å². The molecule has 2 aromatic carbocycles. The summed E-state index contributed by atoms with van der Waals surface area (Å²) in [4.78, 5) is 25.5. The van der Waals surface area contributed by atoms with Crippen molar-refractivity contribution < 1.29 is 14.3 Å². The van der Waals surface area contributed by atoms with Crippen LogP contribution in [0.3, 0.4) is 0 Å². The number of thiazole rings is 1. The second kappa shape index (κ2) is 9.40. The zero-order chi connectivity index (χ0) is 22.7. The van der Waals surface area contributed by atoms with Crippen molar-refractivity contribution in [1.29, 1.82) is 0 Å². The number of nitrogens with one attached hydrogen (secondary N) is 2. The van der Waals surface area contributed by atoms with Crippen LogP contribution in [0.15, 0.2) is 47.8 Å². The van der Waals surface area contributed by atoms with Gasteiger partial charge in [-0.3, -0.25) is 4.79 Å². The van der Waals surface area contributed by atoms with Gasteiger partial charge < -0.3 is 19.8 Å². The van der Waals surface area contributed by atoms with Gasteiger partial charge >= 0.3 is 0 Å². The molecule has 2 N–H and O–H groups in total. The first-order valence-corrected chi connectivity index (χ1v) is 11.3. The number of ether oxygens (including phenoxy) is 2. The number of H-pyrrole nitrogens is 1. The molecule has 166 valence electrons. The molecule has 0 spiro atoms. The van der Waals surface area contributed by atoms with Gasteiger partial charge in [0.2, 0.25) is 5.91 Å². The lowest BCUT2D eigenvalue weighted by Crippen LogP contribution is -2.33. The Morgan fingerprint density at radius 2 is 1.88 bits per heavy atom. The highest BCUT2D eigenvalue weighted by Gasteiger charge is 2.22. The Balaban J connectivity index is 1.47. The Bertz CT molecular complexity index is 1200. The van der Waals surface area contributed by atoms with Crippen molar-refractivity contribution in [3.05, 3.63) is 59.4 Å². The molecule has 4 rings (SSSR count). The third-order valence-corrected chi connectivity index (χ3v) is 6.15. The van der Waals surface area contributed by atoms with E-state index in [9.17, 15) is 4.79 Å². The molecule has 4 aromatic rings. The van der Waals surface area contributed by atoms with Gasteiger partial charge in [0.15, 0.2) is 11.5 Å². The van der Waals surface area contributed by atoms with Crippen LogP contribution in [0.1, 0.15) is 31.4 Å². The minimum atomic E-state index is -0.209. The summed E-state index contributed by atoms with van der Waals surface area (Å²) in [5, 5.41) is 5.86. The number of fused-ring (bicyclic) bond motifs is 1. The second-order valence-corrected chi connectivity index (χ2v) is 8.68. The van der Waals surface area contributed by atoms with E-state index in [0.29, 0.717) is 11.5 Å². The summed E-state index contributed by atoms with van der Waals surface area (Å²) in [6, 6.07) is 13.3. The maximum Gasteiger partial charge on any atom is 0.226 e. The van der Waals surface area contributed by atoms with Crippen molar-refractivity contribution in [3.63, 3.8) is 0 Å². The van der Waals surface area contributed by atoms with Crippen LogP contribution < -0.4 is 14.8 Å². The van der Waals surface area contributed by atoms with Crippen LogP contribution in [-0.4, -0.2) is 35.1 Å². The van der Waals surface area contributed by atoms with Crippen molar-refractivity contribution >= 4 is 28.3 Å². The van der Waals surface area contributed by atoms with Gasteiger partial charge in [0.1, 0.15) is 10.8 Å². The molecule has 0 bridgehead atoms. The molecule has 0 saturated carbocycles. The molecule has 2 heterocycles. The quantitative estimate of drug-likeness (QED) is 0.404. The number of aromatic nitrogens is 3. The molecular formula is C24H26N4O3S. The largest absolute Gasteiger partial charge is 0.493 e. The van der Waals surface area contributed by atoms with Crippen LogP contribution >= 0.6 is 11.3 Å². The topological polar surface area (TPSA) is 89.1 Å². The van der Waals surface area contributed by atoms with Crippen LogP contribution in [0.25, 0.3) is 21.6 Å². The van der Waals surface area contributed by atoms with Crippen LogP contribution in [0.2, 0.25) is 0 Å². The molecule has 0 aliphatic carbocycles. The predicted octanol–water partition coefficient (Wildman–Crippen LogP) is 4.76. The molecule has 7 nitrogen and oxygen atoms in total. The van der Waals surface area contributed by atoms with Crippen LogP contribution in [-0.2, 0) is 11.2 Å². The number of para-hydroxylation sites is 2. The highest BCUT2D eigenvalue weighted by atomic mass is 32.1. The molecule has 0 fully saturated rings. The van der Waals surface area contributed by atoms with Gasteiger partial charge in [0.25, 0.3) is 0 Å². The summed E-state index contributed by atoms with van der Waals surface area (Å²) in [7, 11) is 3.21. The van der Waals surface area contributed by atoms with E-state index in [-0.39, 0.29) is 24.3 Å².